The van der Waals surface area contributed by atoms with Gasteiger partial charge in [0, 0.05) is 25.9 Å². The highest BCUT2D eigenvalue weighted by Crippen LogP contribution is 2.32. The van der Waals surface area contributed by atoms with Gasteiger partial charge in [0.05, 0.1) is 5.69 Å². The van der Waals surface area contributed by atoms with Crippen LogP contribution in [-0.2, 0) is 21.2 Å². The fraction of sp³-hybridized carbons (Fsp3) is 0.481. The number of anilines is 1. The van der Waals surface area contributed by atoms with Crippen LogP contribution in [0.1, 0.15) is 45.1 Å². The lowest BCUT2D eigenvalue weighted by atomic mass is 9.84. The molecule has 1 fully saturated rings. The Kier molecular flexibility index (Phi) is 7.91. The molecule has 1 amide bonds. The summed E-state index contributed by atoms with van der Waals surface area (Å²) in [6.07, 6.45) is 4.19. The van der Waals surface area contributed by atoms with Crippen molar-refractivity contribution >= 4 is 27.5 Å². The van der Waals surface area contributed by atoms with Crippen LogP contribution in [0.2, 0.25) is 0 Å². The number of hydrogen-bond donors (Lipinski definition) is 2. The molecule has 0 spiro atoms. The Bertz CT molecular complexity index is 1150. The molecule has 0 bridgehead atoms. The van der Waals surface area contributed by atoms with E-state index in [9.17, 15) is 13.2 Å². The van der Waals surface area contributed by atoms with Crippen LogP contribution in [0, 0.1) is 11.3 Å². The Balaban J connectivity index is 1.18. The first kappa shape index (κ1) is 25.4. The first-order chi connectivity index (χ1) is 16.7. The van der Waals surface area contributed by atoms with E-state index in [2.05, 4.69) is 50.3 Å². The number of amides is 1. The van der Waals surface area contributed by atoms with Gasteiger partial charge in [0.15, 0.2) is 0 Å². The van der Waals surface area contributed by atoms with Gasteiger partial charge in [-0.1, -0.05) is 56.3 Å². The Morgan fingerprint density at radius 3 is 2.51 bits per heavy atom. The Hall–Kier alpha value is -2.71. The summed E-state index contributed by atoms with van der Waals surface area (Å²) in [5, 5.41) is 6.17. The molecule has 2 aliphatic rings. The van der Waals surface area contributed by atoms with Crippen molar-refractivity contribution in [3.05, 3.63) is 60.2 Å². The fourth-order valence-corrected chi connectivity index (χ4v) is 6.12. The second-order valence-electron chi connectivity index (χ2n) is 10.5. The molecule has 188 valence electrons. The maximum Gasteiger partial charge on any atom is 0.286 e. The van der Waals surface area contributed by atoms with Gasteiger partial charge in [0.25, 0.3) is 10.0 Å². The number of sulfonamides is 1. The van der Waals surface area contributed by atoms with E-state index in [1.54, 1.807) is 24.3 Å². The number of benzene rings is 2. The average Bonchev–Trinajstić information content (AvgIpc) is 2.80. The summed E-state index contributed by atoms with van der Waals surface area (Å²) in [7, 11) is -3.72. The van der Waals surface area contributed by atoms with Gasteiger partial charge in [-0.25, -0.2) is 0 Å². The largest absolute Gasteiger partial charge is 0.355 e. The molecule has 0 aromatic heterocycles. The molecular weight excluding hydrogens is 460 g/mol. The first-order valence-electron chi connectivity index (χ1n) is 12.4. The number of piperidine rings is 1. The maximum absolute atomic E-state index is 12.6. The molecule has 2 aromatic rings. The van der Waals surface area contributed by atoms with E-state index in [0.29, 0.717) is 30.9 Å². The van der Waals surface area contributed by atoms with Gasteiger partial charge in [-0.3, -0.25) is 4.79 Å². The van der Waals surface area contributed by atoms with Gasteiger partial charge in [0.1, 0.15) is 10.7 Å². The van der Waals surface area contributed by atoms with E-state index in [1.807, 2.05) is 13.8 Å². The maximum atomic E-state index is 12.6. The van der Waals surface area contributed by atoms with E-state index >= 15 is 0 Å². The van der Waals surface area contributed by atoms with Crippen molar-refractivity contribution in [1.82, 2.24) is 10.2 Å². The van der Waals surface area contributed by atoms with Crippen LogP contribution in [0.15, 0.2) is 63.9 Å². The summed E-state index contributed by atoms with van der Waals surface area (Å²) in [4.78, 5) is 15.2. The number of carbonyl (C=O) groups is 1. The third-order valence-electron chi connectivity index (χ3n) is 6.78. The molecule has 35 heavy (non-hydrogen) atoms. The van der Waals surface area contributed by atoms with Crippen LogP contribution in [-0.4, -0.2) is 51.2 Å². The van der Waals surface area contributed by atoms with E-state index in [4.69, 9.17) is 0 Å². The number of nitrogens with zero attached hydrogens (tertiary/aromatic N) is 2. The summed E-state index contributed by atoms with van der Waals surface area (Å²) >= 11 is 0. The van der Waals surface area contributed by atoms with Crippen LogP contribution in [0.4, 0.5) is 5.69 Å². The Morgan fingerprint density at radius 2 is 1.77 bits per heavy atom. The minimum Gasteiger partial charge on any atom is -0.355 e. The minimum atomic E-state index is -3.72. The number of amidine groups is 1. The molecule has 2 aliphatic heterocycles. The second-order valence-corrected chi connectivity index (χ2v) is 12.0. The molecule has 0 atom stereocenters. The molecule has 2 aromatic carbocycles. The third-order valence-corrected chi connectivity index (χ3v) is 8.16. The molecule has 0 unspecified atom stereocenters. The molecule has 2 heterocycles. The zero-order chi connectivity index (χ0) is 24.9. The topological polar surface area (TPSA) is 90.9 Å². The number of nitrogens with one attached hydrogen (secondary N) is 2. The zero-order valence-electron chi connectivity index (χ0n) is 20.7. The highest BCUT2D eigenvalue weighted by atomic mass is 32.2. The van der Waals surface area contributed by atoms with E-state index < -0.39 is 15.4 Å². The van der Waals surface area contributed by atoms with Gasteiger partial charge < -0.3 is 15.5 Å². The van der Waals surface area contributed by atoms with Crippen LogP contribution in [0.25, 0.3) is 0 Å². The lowest BCUT2D eigenvalue weighted by molar-refractivity contribution is -0.123. The average molecular weight is 497 g/mol. The smallest absolute Gasteiger partial charge is 0.286 e. The first-order valence-corrected chi connectivity index (χ1v) is 13.9. The van der Waals surface area contributed by atoms with Crippen LogP contribution in [0.3, 0.4) is 0 Å². The van der Waals surface area contributed by atoms with Gasteiger partial charge in [-0.15, -0.1) is 4.40 Å². The highest BCUT2D eigenvalue weighted by Gasteiger charge is 2.30. The van der Waals surface area contributed by atoms with Crippen molar-refractivity contribution < 1.29 is 13.2 Å². The van der Waals surface area contributed by atoms with E-state index in [-0.39, 0.29) is 10.8 Å². The van der Waals surface area contributed by atoms with Crippen molar-refractivity contribution in [1.29, 1.82) is 0 Å². The van der Waals surface area contributed by atoms with Gasteiger partial charge >= 0.3 is 0 Å². The molecule has 7 nitrogen and oxygen atoms in total. The number of likely N-dealkylation sites (tertiary alicyclic amines) is 1. The van der Waals surface area contributed by atoms with Gasteiger partial charge in [-0.05, 0) is 61.4 Å². The van der Waals surface area contributed by atoms with Crippen molar-refractivity contribution in [2.24, 2.45) is 15.7 Å². The number of para-hydroxylation sites is 1. The monoisotopic (exact) mass is 496 g/mol. The standard InChI is InChI=1S/C27H36N4O3S/c1-27(2,19-25-29-23-10-6-7-11-24(23)35(33,34)30-25)20-26(32)28-14-17-31-15-12-22(13-16-31)18-21-8-4-3-5-9-21/h3-11,22H,12-20H2,1-2H3,(H,28,32)(H,29,30). The third kappa shape index (κ3) is 7.15. The zero-order valence-corrected chi connectivity index (χ0v) is 21.5. The van der Waals surface area contributed by atoms with Crippen molar-refractivity contribution in [3.8, 4) is 0 Å². The second kappa shape index (κ2) is 10.9. The SMILES string of the molecule is CC(C)(CC(=O)NCCN1CCC(Cc2ccccc2)CC1)CC1=NS(=O)(=O)c2ccccc2N1. The molecule has 4 rings (SSSR count). The Morgan fingerprint density at radius 1 is 1.09 bits per heavy atom. The molecule has 8 heteroatoms. The molecule has 1 saturated heterocycles. The summed E-state index contributed by atoms with van der Waals surface area (Å²) < 4.78 is 28.9. The van der Waals surface area contributed by atoms with Gasteiger partial charge in [-0.2, -0.15) is 8.42 Å². The van der Waals surface area contributed by atoms with Crippen molar-refractivity contribution in [2.75, 3.05) is 31.5 Å². The quantitative estimate of drug-likeness (QED) is 0.546. The molecule has 2 N–H and O–H groups in total. The minimum absolute atomic E-state index is 0.0198. The van der Waals surface area contributed by atoms with E-state index in [0.717, 1.165) is 32.0 Å². The molecular formula is C27H36N4O3S. The summed E-state index contributed by atoms with van der Waals surface area (Å²) in [5.41, 5.74) is 1.51. The summed E-state index contributed by atoms with van der Waals surface area (Å²) in [6, 6.07) is 17.4. The van der Waals surface area contributed by atoms with E-state index in [1.165, 1.54) is 18.4 Å². The predicted octanol–water partition coefficient (Wildman–Crippen LogP) is 4.08. The lowest BCUT2D eigenvalue weighted by Crippen LogP contribution is -2.40. The number of fused-ring (bicyclic) bond motifs is 1. The Labute approximate surface area is 209 Å². The summed E-state index contributed by atoms with van der Waals surface area (Å²) in [5.74, 6) is 1.09. The lowest BCUT2D eigenvalue weighted by Gasteiger charge is -2.32. The highest BCUT2D eigenvalue weighted by molar-refractivity contribution is 7.90. The predicted molar refractivity (Wildman–Crippen MR) is 140 cm³/mol. The van der Waals surface area contributed by atoms with Crippen LogP contribution in [0.5, 0.6) is 0 Å². The number of hydrogen-bond acceptors (Lipinski definition) is 5. The van der Waals surface area contributed by atoms with Crippen molar-refractivity contribution in [3.63, 3.8) is 0 Å². The molecule has 0 radical (unpaired) electrons. The van der Waals surface area contributed by atoms with Crippen LogP contribution >= 0.6 is 0 Å². The van der Waals surface area contributed by atoms with Gasteiger partial charge in [0.2, 0.25) is 5.91 Å². The molecule has 0 saturated carbocycles. The number of carbonyl (C=O) groups excluding carboxylic acids is 1. The number of rotatable bonds is 9. The molecule has 0 aliphatic carbocycles. The fourth-order valence-electron chi connectivity index (χ4n) is 4.97. The van der Waals surface area contributed by atoms with Crippen molar-refractivity contribution in [2.45, 2.75) is 50.8 Å². The normalized spacial score (nSPS) is 18.3. The van der Waals surface area contributed by atoms with Crippen LogP contribution < -0.4 is 10.6 Å². The summed E-state index contributed by atoms with van der Waals surface area (Å²) in [6.45, 7) is 7.54.